The molecule has 0 aromatic rings. The van der Waals surface area contributed by atoms with Crippen LogP contribution < -0.4 is 5.32 Å². The molecule has 1 heterocycles. The van der Waals surface area contributed by atoms with Crippen LogP contribution in [0.2, 0.25) is 0 Å². The van der Waals surface area contributed by atoms with Gasteiger partial charge in [0.15, 0.2) is 9.84 Å². The Morgan fingerprint density at radius 1 is 1.55 bits per heavy atom. The van der Waals surface area contributed by atoms with E-state index in [1.807, 2.05) is 13.0 Å². The molecule has 8 heteroatoms. The van der Waals surface area contributed by atoms with Gasteiger partial charge in [-0.25, -0.2) is 8.42 Å². The first kappa shape index (κ1) is 18.5. The van der Waals surface area contributed by atoms with Gasteiger partial charge < -0.3 is 15.0 Å². The lowest BCUT2D eigenvalue weighted by Gasteiger charge is -2.26. The molecule has 1 saturated heterocycles. The lowest BCUT2D eigenvalue weighted by Crippen LogP contribution is -2.36. The molecule has 0 bridgehead atoms. The number of sulfone groups is 1. The van der Waals surface area contributed by atoms with Gasteiger partial charge in [-0.15, -0.1) is 0 Å². The van der Waals surface area contributed by atoms with Crippen molar-refractivity contribution in [3.05, 3.63) is 11.8 Å². The van der Waals surface area contributed by atoms with Crippen molar-refractivity contribution in [2.75, 3.05) is 38.3 Å². The van der Waals surface area contributed by atoms with Crippen molar-refractivity contribution in [3.63, 3.8) is 0 Å². The van der Waals surface area contributed by atoms with E-state index in [4.69, 9.17) is 10.00 Å². The van der Waals surface area contributed by atoms with Gasteiger partial charge in [0, 0.05) is 32.4 Å². The molecule has 1 aliphatic heterocycles. The highest BCUT2D eigenvalue weighted by molar-refractivity contribution is 7.91. The van der Waals surface area contributed by atoms with Gasteiger partial charge in [-0.05, 0) is 12.8 Å². The minimum atomic E-state index is -3.04. The van der Waals surface area contributed by atoms with Gasteiger partial charge in [0.05, 0.1) is 18.1 Å². The maximum atomic E-state index is 11.9. The molecule has 0 radical (unpaired) electrons. The molecule has 1 atom stereocenters. The number of amides is 1. The lowest BCUT2D eigenvalue weighted by atomic mass is 10.2. The maximum absolute atomic E-state index is 11.9. The number of nitriles is 1. The second kappa shape index (κ2) is 8.76. The molecular weight excluding hydrogens is 306 g/mol. The Kier molecular flexibility index (Phi) is 7.35. The molecule has 124 valence electrons. The van der Waals surface area contributed by atoms with E-state index in [1.165, 1.54) is 6.20 Å². The Balaban J connectivity index is 2.88. The van der Waals surface area contributed by atoms with Crippen LogP contribution in [0.4, 0.5) is 0 Å². The van der Waals surface area contributed by atoms with Crippen molar-refractivity contribution in [1.82, 2.24) is 10.2 Å². The number of methoxy groups -OCH3 is 1. The van der Waals surface area contributed by atoms with Crippen LogP contribution in [0.15, 0.2) is 11.8 Å². The molecule has 1 fully saturated rings. The van der Waals surface area contributed by atoms with Crippen molar-refractivity contribution in [3.8, 4) is 6.07 Å². The standard InChI is InChI=1S/C14H23N3O4S/c1-3-5-16-14(18)12(9-15)10-17(6-7-21-2)13-4-8-22(19,20)11-13/h10,13H,3-8,11H2,1-2H3,(H,16,18)/b12-10-. The van der Waals surface area contributed by atoms with Crippen LogP contribution in [-0.4, -0.2) is 63.6 Å². The van der Waals surface area contributed by atoms with Gasteiger partial charge in [0.1, 0.15) is 11.6 Å². The topological polar surface area (TPSA) is 99.5 Å². The summed E-state index contributed by atoms with van der Waals surface area (Å²) in [6.07, 6.45) is 2.73. The second-order valence-corrected chi connectivity index (χ2v) is 7.43. The summed E-state index contributed by atoms with van der Waals surface area (Å²) in [7, 11) is -1.49. The number of carbonyl (C=O) groups excluding carboxylic acids is 1. The zero-order valence-electron chi connectivity index (χ0n) is 13.0. The van der Waals surface area contributed by atoms with Gasteiger partial charge in [-0.1, -0.05) is 6.92 Å². The Hall–Kier alpha value is -1.59. The van der Waals surface area contributed by atoms with Crippen LogP contribution in [-0.2, 0) is 19.4 Å². The van der Waals surface area contributed by atoms with Crippen molar-refractivity contribution in [1.29, 1.82) is 5.26 Å². The molecule has 7 nitrogen and oxygen atoms in total. The van der Waals surface area contributed by atoms with E-state index in [-0.39, 0.29) is 23.1 Å². The fraction of sp³-hybridized carbons (Fsp3) is 0.714. The fourth-order valence-corrected chi connectivity index (χ4v) is 3.97. The first-order valence-electron chi connectivity index (χ1n) is 7.28. The molecule has 1 unspecified atom stereocenters. The van der Waals surface area contributed by atoms with Crippen LogP contribution in [0.1, 0.15) is 19.8 Å². The van der Waals surface area contributed by atoms with E-state index in [0.29, 0.717) is 26.1 Å². The summed E-state index contributed by atoms with van der Waals surface area (Å²) in [5.41, 5.74) is -0.0196. The molecule has 0 saturated carbocycles. The number of hydrogen-bond donors (Lipinski definition) is 1. The van der Waals surface area contributed by atoms with Crippen LogP contribution in [0.5, 0.6) is 0 Å². The summed E-state index contributed by atoms with van der Waals surface area (Å²) < 4.78 is 28.3. The highest BCUT2D eigenvalue weighted by atomic mass is 32.2. The SMILES string of the molecule is CCCNC(=O)/C(C#N)=C\N(CCOC)C1CCS(=O)(=O)C1. The summed E-state index contributed by atoms with van der Waals surface area (Å²) >= 11 is 0. The zero-order valence-corrected chi connectivity index (χ0v) is 13.9. The van der Waals surface area contributed by atoms with Gasteiger partial charge in [0.2, 0.25) is 0 Å². The quantitative estimate of drug-likeness (QED) is 0.499. The third-order valence-corrected chi connectivity index (χ3v) is 5.18. The number of hydrogen-bond acceptors (Lipinski definition) is 6. The number of carbonyl (C=O) groups is 1. The lowest BCUT2D eigenvalue weighted by molar-refractivity contribution is -0.117. The minimum Gasteiger partial charge on any atom is -0.383 e. The highest BCUT2D eigenvalue weighted by Crippen LogP contribution is 2.18. The third-order valence-electron chi connectivity index (χ3n) is 3.43. The van der Waals surface area contributed by atoms with Gasteiger partial charge in [-0.3, -0.25) is 4.79 Å². The summed E-state index contributed by atoms with van der Waals surface area (Å²) in [5.74, 6) is -0.255. The summed E-state index contributed by atoms with van der Waals surface area (Å²) in [6.45, 7) is 3.24. The zero-order chi connectivity index (χ0) is 16.6. The fourth-order valence-electron chi connectivity index (χ4n) is 2.22. The van der Waals surface area contributed by atoms with Crippen LogP contribution in [0.3, 0.4) is 0 Å². The summed E-state index contributed by atoms with van der Waals surface area (Å²) in [4.78, 5) is 13.6. The van der Waals surface area contributed by atoms with Crippen LogP contribution in [0.25, 0.3) is 0 Å². The Morgan fingerprint density at radius 3 is 2.77 bits per heavy atom. The van der Waals surface area contributed by atoms with Crippen LogP contribution >= 0.6 is 0 Å². The Morgan fingerprint density at radius 2 is 2.27 bits per heavy atom. The van der Waals surface area contributed by atoms with E-state index in [2.05, 4.69) is 5.32 Å². The Bertz CT molecular complexity index is 551. The molecule has 0 spiro atoms. The second-order valence-electron chi connectivity index (χ2n) is 5.20. The molecule has 0 aromatic carbocycles. The largest absolute Gasteiger partial charge is 0.383 e. The predicted octanol–water partition coefficient (Wildman–Crippen LogP) is 0.0556. The minimum absolute atomic E-state index is 0.0196. The van der Waals surface area contributed by atoms with E-state index in [9.17, 15) is 13.2 Å². The summed E-state index contributed by atoms with van der Waals surface area (Å²) in [5, 5.41) is 11.8. The monoisotopic (exact) mass is 329 g/mol. The molecule has 0 aliphatic carbocycles. The van der Waals surface area contributed by atoms with E-state index >= 15 is 0 Å². The first-order valence-corrected chi connectivity index (χ1v) is 9.11. The number of ether oxygens (including phenoxy) is 1. The van der Waals surface area contributed by atoms with Gasteiger partial charge >= 0.3 is 0 Å². The van der Waals surface area contributed by atoms with Gasteiger partial charge in [-0.2, -0.15) is 5.26 Å². The molecule has 22 heavy (non-hydrogen) atoms. The normalized spacial score (nSPS) is 20.4. The molecule has 1 amide bonds. The molecule has 1 rings (SSSR count). The molecule has 1 N–H and O–H groups in total. The van der Waals surface area contributed by atoms with Crippen LogP contribution in [0, 0.1) is 11.3 Å². The number of nitrogens with one attached hydrogen (secondary N) is 1. The number of nitrogens with zero attached hydrogens (tertiary/aromatic N) is 2. The molecule has 0 aromatic heterocycles. The highest BCUT2D eigenvalue weighted by Gasteiger charge is 2.31. The van der Waals surface area contributed by atoms with Crippen molar-refractivity contribution in [2.24, 2.45) is 0 Å². The van der Waals surface area contributed by atoms with Crippen molar-refractivity contribution >= 4 is 15.7 Å². The first-order chi connectivity index (χ1) is 10.4. The van der Waals surface area contributed by atoms with Crippen molar-refractivity contribution in [2.45, 2.75) is 25.8 Å². The average Bonchev–Trinajstić information content (AvgIpc) is 2.85. The smallest absolute Gasteiger partial charge is 0.263 e. The molecular formula is C14H23N3O4S. The molecule has 1 aliphatic rings. The maximum Gasteiger partial charge on any atom is 0.263 e. The van der Waals surface area contributed by atoms with Gasteiger partial charge in [0.25, 0.3) is 5.91 Å². The van der Waals surface area contributed by atoms with E-state index in [1.54, 1.807) is 12.0 Å². The van der Waals surface area contributed by atoms with E-state index in [0.717, 1.165) is 6.42 Å². The average molecular weight is 329 g/mol. The van der Waals surface area contributed by atoms with Crippen molar-refractivity contribution < 1.29 is 17.9 Å². The van der Waals surface area contributed by atoms with E-state index < -0.39 is 15.7 Å². The summed E-state index contributed by atoms with van der Waals surface area (Å²) in [6, 6.07) is 1.66. The number of rotatable bonds is 8. The Labute approximate surface area is 131 Å². The third kappa shape index (κ3) is 5.66. The predicted molar refractivity (Wildman–Crippen MR) is 82.6 cm³/mol.